The fraction of sp³-hybridized carbons (Fsp3) is 0.235. The number of carbonyl (C=O) groups excluding carboxylic acids is 1. The average Bonchev–Trinajstić information content (AvgIpc) is 2.46. The molecule has 0 saturated carbocycles. The van der Waals surface area contributed by atoms with Crippen molar-refractivity contribution in [1.29, 1.82) is 0 Å². The van der Waals surface area contributed by atoms with Crippen molar-refractivity contribution in [3.8, 4) is 5.75 Å². The number of hydrogen-bond donors (Lipinski definition) is 0. The summed E-state index contributed by atoms with van der Waals surface area (Å²) in [4.78, 5) is 11.7. The number of halogens is 1. The zero-order valence-corrected chi connectivity index (χ0v) is 13.2. The molecule has 0 saturated heterocycles. The van der Waals surface area contributed by atoms with Gasteiger partial charge in [0.25, 0.3) is 0 Å². The molecule has 1 atom stereocenters. The lowest BCUT2D eigenvalue weighted by atomic mass is 10.1. The van der Waals surface area contributed by atoms with Gasteiger partial charge in [-0.1, -0.05) is 46.3 Å². The van der Waals surface area contributed by atoms with E-state index in [0.29, 0.717) is 12.2 Å². The van der Waals surface area contributed by atoms with Gasteiger partial charge in [-0.3, -0.25) is 4.79 Å². The summed E-state index contributed by atoms with van der Waals surface area (Å²) in [6.07, 6.45) is 0. The van der Waals surface area contributed by atoms with Crippen molar-refractivity contribution in [1.82, 2.24) is 0 Å². The van der Waals surface area contributed by atoms with E-state index < -0.39 is 0 Å². The van der Waals surface area contributed by atoms with Gasteiger partial charge in [0.15, 0.2) is 5.78 Å². The molecule has 0 aliphatic rings. The Morgan fingerprint density at radius 3 is 2.50 bits per heavy atom. The van der Waals surface area contributed by atoms with Crippen molar-refractivity contribution in [2.75, 3.05) is 0 Å². The number of ketones is 1. The Bertz CT molecular complexity index is 591. The van der Waals surface area contributed by atoms with E-state index in [0.717, 1.165) is 16.9 Å². The van der Waals surface area contributed by atoms with Crippen LogP contribution in [0, 0.1) is 6.92 Å². The highest BCUT2D eigenvalue weighted by molar-refractivity contribution is 9.10. The van der Waals surface area contributed by atoms with Crippen LogP contribution in [0.2, 0.25) is 0 Å². The molecule has 0 N–H and O–H groups in total. The van der Waals surface area contributed by atoms with Crippen LogP contribution in [0.3, 0.4) is 0 Å². The zero-order valence-electron chi connectivity index (χ0n) is 11.6. The highest BCUT2D eigenvalue weighted by Crippen LogP contribution is 2.22. The maximum atomic E-state index is 11.9. The first-order chi connectivity index (χ1) is 9.58. The number of hydrogen-bond acceptors (Lipinski definition) is 2. The Balaban J connectivity index is 2.08. The third-order valence-electron chi connectivity index (χ3n) is 3.06. The molecular weight excluding hydrogens is 316 g/mol. The predicted octanol–water partition coefficient (Wildman–Crippen LogP) is 4.54. The van der Waals surface area contributed by atoms with Gasteiger partial charge in [-0.25, -0.2) is 0 Å². The Morgan fingerprint density at radius 1 is 1.20 bits per heavy atom. The summed E-state index contributed by atoms with van der Waals surface area (Å²) in [5.41, 5.74) is 2.81. The van der Waals surface area contributed by atoms with Gasteiger partial charge in [0.1, 0.15) is 12.4 Å². The van der Waals surface area contributed by atoms with Crippen LogP contribution in [0.25, 0.3) is 0 Å². The molecule has 0 aliphatic carbocycles. The van der Waals surface area contributed by atoms with E-state index in [4.69, 9.17) is 4.74 Å². The number of rotatable bonds is 5. The molecular formula is C17H17BrO2. The van der Waals surface area contributed by atoms with Gasteiger partial charge in [-0.05, 0) is 43.2 Å². The van der Waals surface area contributed by atoms with Crippen LogP contribution in [0.1, 0.15) is 28.4 Å². The van der Waals surface area contributed by atoms with E-state index in [1.54, 1.807) is 0 Å². The van der Waals surface area contributed by atoms with Gasteiger partial charge >= 0.3 is 0 Å². The third-order valence-corrected chi connectivity index (χ3v) is 3.47. The van der Waals surface area contributed by atoms with Crippen molar-refractivity contribution >= 4 is 21.7 Å². The van der Waals surface area contributed by atoms with Gasteiger partial charge in [-0.15, -0.1) is 0 Å². The molecule has 0 amide bonds. The lowest BCUT2D eigenvalue weighted by Crippen LogP contribution is -2.10. The first-order valence-corrected chi connectivity index (χ1v) is 7.45. The van der Waals surface area contributed by atoms with Crippen LogP contribution >= 0.6 is 15.9 Å². The molecule has 2 aromatic rings. The highest BCUT2D eigenvalue weighted by atomic mass is 79.9. The number of alkyl halides is 1. The Labute approximate surface area is 127 Å². The summed E-state index contributed by atoms with van der Waals surface area (Å²) in [7, 11) is 0. The number of aryl methyl sites for hydroxylation is 1. The minimum absolute atomic E-state index is 0.0858. The quantitative estimate of drug-likeness (QED) is 0.593. The molecule has 0 spiro atoms. The first-order valence-electron chi connectivity index (χ1n) is 6.53. The number of Topliss-reactive ketones (excluding diaryl/α,β-unsaturated/α-hetero) is 1. The summed E-state index contributed by atoms with van der Waals surface area (Å²) < 4.78 is 5.80. The number of carbonyl (C=O) groups is 1. The van der Waals surface area contributed by atoms with E-state index in [-0.39, 0.29) is 10.6 Å². The second kappa shape index (κ2) is 6.71. The van der Waals surface area contributed by atoms with E-state index in [9.17, 15) is 4.79 Å². The maximum absolute atomic E-state index is 11.9. The topological polar surface area (TPSA) is 26.3 Å². The fourth-order valence-electron chi connectivity index (χ4n) is 1.93. The highest BCUT2D eigenvalue weighted by Gasteiger charge is 2.13. The van der Waals surface area contributed by atoms with Crippen molar-refractivity contribution in [2.45, 2.75) is 25.3 Å². The van der Waals surface area contributed by atoms with Gasteiger partial charge in [0, 0.05) is 5.56 Å². The van der Waals surface area contributed by atoms with Gasteiger partial charge in [0.05, 0.1) is 4.83 Å². The smallest absolute Gasteiger partial charge is 0.176 e. The SMILES string of the molecule is Cc1cc(C(=O)C(C)Br)ccc1OCc1ccccc1. The standard InChI is InChI=1S/C17H17BrO2/c1-12-10-15(17(19)13(2)18)8-9-16(12)20-11-14-6-4-3-5-7-14/h3-10,13H,11H2,1-2H3. The van der Waals surface area contributed by atoms with E-state index in [1.165, 1.54) is 0 Å². The lowest BCUT2D eigenvalue weighted by molar-refractivity contribution is 0.0995. The molecule has 0 bridgehead atoms. The van der Waals surface area contributed by atoms with Crippen LogP contribution in [0.4, 0.5) is 0 Å². The van der Waals surface area contributed by atoms with E-state index in [2.05, 4.69) is 15.9 Å². The number of ether oxygens (including phenoxy) is 1. The first kappa shape index (κ1) is 14.8. The second-order valence-corrected chi connectivity index (χ2v) is 6.11. The van der Waals surface area contributed by atoms with Crippen molar-refractivity contribution < 1.29 is 9.53 Å². The molecule has 0 aliphatic heterocycles. The van der Waals surface area contributed by atoms with Crippen LogP contribution in [-0.2, 0) is 6.61 Å². The Kier molecular flexibility index (Phi) is 4.96. The van der Waals surface area contributed by atoms with E-state index in [1.807, 2.05) is 62.4 Å². The largest absolute Gasteiger partial charge is 0.489 e. The summed E-state index contributed by atoms with van der Waals surface area (Å²) in [6, 6.07) is 15.6. The summed E-state index contributed by atoms with van der Waals surface area (Å²) in [5, 5.41) is 0. The second-order valence-electron chi connectivity index (χ2n) is 4.73. The summed E-state index contributed by atoms with van der Waals surface area (Å²) in [5.74, 6) is 0.898. The molecule has 0 aromatic heterocycles. The van der Waals surface area contributed by atoms with Crippen LogP contribution in [0.15, 0.2) is 48.5 Å². The van der Waals surface area contributed by atoms with Gasteiger partial charge in [-0.2, -0.15) is 0 Å². The molecule has 2 rings (SSSR count). The van der Waals surface area contributed by atoms with Gasteiger partial charge in [0.2, 0.25) is 0 Å². The molecule has 2 aromatic carbocycles. The Hall–Kier alpha value is -1.61. The molecule has 20 heavy (non-hydrogen) atoms. The van der Waals surface area contributed by atoms with E-state index >= 15 is 0 Å². The van der Waals surface area contributed by atoms with Crippen LogP contribution in [0.5, 0.6) is 5.75 Å². The average molecular weight is 333 g/mol. The molecule has 0 heterocycles. The molecule has 104 valence electrons. The van der Waals surface area contributed by atoms with Crippen molar-refractivity contribution in [3.63, 3.8) is 0 Å². The normalized spacial score (nSPS) is 11.9. The van der Waals surface area contributed by atoms with Crippen LogP contribution in [-0.4, -0.2) is 10.6 Å². The third kappa shape index (κ3) is 3.70. The molecule has 0 radical (unpaired) electrons. The van der Waals surface area contributed by atoms with Gasteiger partial charge < -0.3 is 4.74 Å². The minimum Gasteiger partial charge on any atom is -0.489 e. The fourth-order valence-corrected chi connectivity index (χ4v) is 2.19. The number of benzene rings is 2. The molecule has 2 nitrogen and oxygen atoms in total. The molecule has 1 unspecified atom stereocenters. The maximum Gasteiger partial charge on any atom is 0.176 e. The summed E-state index contributed by atoms with van der Waals surface area (Å²) in [6.45, 7) is 4.32. The zero-order chi connectivity index (χ0) is 14.5. The predicted molar refractivity (Wildman–Crippen MR) is 84.7 cm³/mol. The Morgan fingerprint density at radius 2 is 1.90 bits per heavy atom. The van der Waals surface area contributed by atoms with Crippen molar-refractivity contribution in [2.24, 2.45) is 0 Å². The summed E-state index contributed by atoms with van der Waals surface area (Å²) >= 11 is 3.30. The lowest BCUT2D eigenvalue weighted by Gasteiger charge is -2.11. The van der Waals surface area contributed by atoms with Crippen LogP contribution < -0.4 is 4.74 Å². The molecule has 0 fully saturated rings. The minimum atomic E-state index is -0.169. The van der Waals surface area contributed by atoms with Crippen molar-refractivity contribution in [3.05, 3.63) is 65.2 Å². The molecule has 3 heteroatoms. The monoisotopic (exact) mass is 332 g/mol.